The molecule has 1 amide bonds. The number of aryl methyl sites for hydroxylation is 3. The van der Waals surface area contributed by atoms with Gasteiger partial charge in [0.1, 0.15) is 5.82 Å². The summed E-state index contributed by atoms with van der Waals surface area (Å²) in [6.07, 6.45) is 0. The Kier molecular flexibility index (Phi) is 5.47. The monoisotopic (exact) mass is 449 g/mol. The third-order valence-electron chi connectivity index (χ3n) is 5.26. The highest BCUT2D eigenvalue weighted by molar-refractivity contribution is 6.04. The Morgan fingerprint density at radius 2 is 1.53 bits per heavy atom. The van der Waals surface area contributed by atoms with Crippen molar-refractivity contribution in [3.8, 4) is 5.82 Å². The largest absolute Gasteiger partial charge is 0.324 e. The first-order valence-corrected chi connectivity index (χ1v) is 10.9. The Balaban J connectivity index is 1.35. The maximum absolute atomic E-state index is 13.0. The van der Waals surface area contributed by atoms with Gasteiger partial charge in [0.2, 0.25) is 5.95 Å². The lowest BCUT2D eigenvalue weighted by molar-refractivity contribution is 0.102. The van der Waals surface area contributed by atoms with Crippen molar-refractivity contribution >= 4 is 34.3 Å². The SMILES string of the molecule is Cc1cc(C)nc(Nc2ccc(C(=O)Nc3cc(C)nn3-c3ccc4ccccc4n3)cc2)n1. The Morgan fingerprint density at radius 1 is 0.794 bits per heavy atom. The number of hydrogen-bond acceptors (Lipinski definition) is 6. The topological polar surface area (TPSA) is 97.6 Å². The van der Waals surface area contributed by atoms with Gasteiger partial charge >= 0.3 is 0 Å². The molecule has 5 aromatic rings. The smallest absolute Gasteiger partial charge is 0.256 e. The van der Waals surface area contributed by atoms with Crippen molar-refractivity contribution in [2.45, 2.75) is 20.8 Å². The average molecular weight is 450 g/mol. The summed E-state index contributed by atoms with van der Waals surface area (Å²) in [5, 5.41) is 11.7. The number of aromatic nitrogens is 5. The van der Waals surface area contributed by atoms with Crippen LogP contribution in [-0.4, -0.2) is 30.6 Å². The molecule has 34 heavy (non-hydrogen) atoms. The summed E-state index contributed by atoms with van der Waals surface area (Å²) in [7, 11) is 0. The van der Waals surface area contributed by atoms with Gasteiger partial charge in [-0.25, -0.2) is 15.0 Å². The number of carbonyl (C=O) groups excluding carboxylic acids is 1. The number of nitrogens with one attached hydrogen (secondary N) is 2. The van der Waals surface area contributed by atoms with E-state index in [4.69, 9.17) is 4.98 Å². The quantitative estimate of drug-likeness (QED) is 0.386. The van der Waals surface area contributed by atoms with Gasteiger partial charge in [-0.2, -0.15) is 9.78 Å². The van der Waals surface area contributed by atoms with Crippen molar-refractivity contribution in [1.82, 2.24) is 24.7 Å². The van der Waals surface area contributed by atoms with Crippen LogP contribution in [0, 0.1) is 20.8 Å². The van der Waals surface area contributed by atoms with Gasteiger partial charge in [-0.15, -0.1) is 0 Å². The summed E-state index contributed by atoms with van der Waals surface area (Å²) in [5.74, 6) is 1.47. The maximum Gasteiger partial charge on any atom is 0.256 e. The summed E-state index contributed by atoms with van der Waals surface area (Å²) in [6, 6.07) is 22.6. The van der Waals surface area contributed by atoms with Crippen LogP contribution in [0.3, 0.4) is 0 Å². The molecule has 8 nitrogen and oxygen atoms in total. The lowest BCUT2D eigenvalue weighted by atomic mass is 10.2. The van der Waals surface area contributed by atoms with E-state index in [2.05, 4.69) is 25.7 Å². The predicted molar refractivity (Wildman–Crippen MR) is 133 cm³/mol. The van der Waals surface area contributed by atoms with Crippen LogP contribution in [0.25, 0.3) is 16.7 Å². The maximum atomic E-state index is 13.0. The van der Waals surface area contributed by atoms with Crippen molar-refractivity contribution in [3.63, 3.8) is 0 Å². The number of carbonyl (C=O) groups is 1. The van der Waals surface area contributed by atoms with E-state index < -0.39 is 0 Å². The molecule has 0 saturated carbocycles. The Bertz CT molecular complexity index is 1490. The Labute approximate surface area is 196 Å². The minimum Gasteiger partial charge on any atom is -0.324 e. The molecule has 0 fully saturated rings. The van der Waals surface area contributed by atoms with Crippen LogP contribution in [0.5, 0.6) is 0 Å². The number of fused-ring (bicyclic) bond motifs is 1. The number of anilines is 3. The van der Waals surface area contributed by atoms with Gasteiger partial charge in [0.25, 0.3) is 5.91 Å². The first kappa shape index (κ1) is 21.3. The van der Waals surface area contributed by atoms with Crippen LogP contribution < -0.4 is 10.6 Å². The average Bonchev–Trinajstić information content (AvgIpc) is 3.18. The lowest BCUT2D eigenvalue weighted by Crippen LogP contribution is -2.15. The number of rotatable bonds is 5. The first-order chi connectivity index (χ1) is 16.4. The second kappa shape index (κ2) is 8.74. The summed E-state index contributed by atoms with van der Waals surface area (Å²) < 4.78 is 1.65. The third kappa shape index (κ3) is 4.47. The molecule has 2 aromatic carbocycles. The fourth-order valence-corrected chi connectivity index (χ4v) is 3.74. The summed E-state index contributed by atoms with van der Waals surface area (Å²) >= 11 is 0. The number of amides is 1. The van der Waals surface area contributed by atoms with Gasteiger partial charge in [0.15, 0.2) is 5.82 Å². The number of pyridine rings is 1. The molecule has 0 aliphatic rings. The molecular formula is C26H23N7O. The molecule has 0 radical (unpaired) electrons. The van der Waals surface area contributed by atoms with Crippen molar-refractivity contribution < 1.29 is 4.79 Å². The van der Waals surface area contributed by atoms with E-state index in [0.29, 0.717) is 23.1 Å². The Morgan fingerprint density at radius 3 is 2.29 bits per heavy atom. The first-order valence-electron chi connectivity index (χ1n) is 10.9. The zero-order chi connectivity index (χ0) is 23.7. The van der Waals surface area contributed by atoms with Gasteiger partial charge in [0.05, 0.1) is 11.2 Å². The molecule has 2 N–H and O–H groups in total. The number of para-hydroxylation sites is 1. The molecule has 0 aliphatic heterocycles. The fraction of sp³-hybridized carbons (Fsp3) is 0.115. The summed E-state index contributed by atoms with van der Waals surface area (Å²) in [4.78, 5) is 26.4. The molecule has 0 saturated heterocycles. The summed E-state index contributed by atoms with van der Waals surface area (Å²) in [5.41, 5.74) is 4.73. The lowest BCUT2D eigenvalue weighted by Gasteiger charge is -2.10. The number of nitrogens with zero attached hydrogens (tertiary/aromatic N) is 5. The zero-order valence-electron chi connectivity index (χ0n) is 19.1. The highest BCUT2D eigenvalue weighted by Gasteiger charge is 2.14. The van der Waals surface area contributed by atoms with Crippen molar-refractivity contribution in [1.29, 1.82) is 0 Å². The van der Waals surface area contributed by atoms with E-state index in [9.17, 15) is 4.79 Å². The van der Waals surface area contributed by atoms with Crippen LogP contribution in [0.1, 0.15) is 27.4 Å². The molecule has 3 aromatic heterocycles. The van der Waals surface area contributed by atoms with Crippen LogP contribution in [0.15, 0.2) is 72.8 Å². The molecule has 0 unspecified atom stereocenters. The zero-order valence-corrected chi connectivity index (χ0v) is 19.1. The van der Waals surface area contributed by atoms with Crippen LogP contribution in [0.2, 0.25) is 0 Å². The van der Waals surface area contributed by atoms with E-state index in [0.717, 1.165) is 33.7 Å². The standard InChI is InChI=1S/C26H23N7O/c1-16-14-17(2)28-26(27-16)29-21-11-8-20(9-12-21)25(34)31-24-15-18(3)32-33(24)23-13-10-19-6-4-5-7-22(19)30-23/h4-15H,1-3H3,(H,31,34)(H,27,28,29). The van der Waals surface area contributed by atoms with Crippen molar-refractivity contribution in [2.75, 3.05) is 10.6 Å². The van der Waals surface area contributed by atoms with Gasteiger partial charge in [-0.3, -0.25) is 4.79 Å². The molecule has 0 spiro atoms. The van der Waals surface area contributed by atoms with Gasteiger partial charge in [0, 0.05) is 34.1 Å². The second-order valence-electron chi connectivity index (χ2n) is 8.08. The minimum atomic E-state index is -0.240. The fourth-order valence-electron chi connectivity index (χ4n) is 3.74. The third-order valence-corrected chi connectivity index (χ3v) is 5.26. The van der Waals surface area contributed by atoms with Gasteiger partial charge < -0.3 is 10.6 Å². The van der Waals surface area contributed by atoms with Gasteiger partial charge in [-0.1, -0.05) is 18.2 Å². The highest BCUT2D eigenvalue weighted by Crippen LogP contribution is 2.21. The van der Waals surface area contributed by atoms with Crippen LogP contribution in [-0.2, 0) is 0 Å². The van der Waals surface area contributed by atoms with Crippen LogP contribution in [0.4, 0.5) is 17.5 Å². The van der Waals surface area contributed by atoms with E-state index in [-0.39, 0.29) is 5.91 Å². The summed E-state index contributed by atoms with van der Waals surface area (Å²) in [6.45, 7) is 5.73. The molecule has 0 atom stereocenters. The molecular weight excluding hydrogens is 426 g/mol. The van der Waals surface area contributed by atoms with Crippen LogP contribution >= 0.6 is 0 Å². The molecule has 5 rings (SSSR count). The Hall–Kier alpha value is -4.59. The number of benzene rings is 2. The van der Waals surface area contributed by atoms with E-state index >= 15 is 0 Å². The van der Waals surface area contributed by atoms with Crippen molar-refractivity contribution in [3.05, 3.63) is 95.4 Å². The van der Waals surface area contributed by atoms with Crippen molar-refractivity contribution in [2.24, 2.45) is 0 Å². The molecule has 8 heteroatoms. The van der Waals surface area contributed by atoms with E-state index in [1.54, 1.807) is 16.8 Å². The van der Waals surface area contributed by atoms with Gasteiger partial charge in [-0.05, 0) is 69.3 Å². The highest BCUT2D eigenvalue weighted by atomic mass is 16.1. The molecule has 0 aliphatic carbocycles. The van der Waals surface area contributed by atoms with E-state index in [1.807, 2.05) is 81.4 Å². The second-order valence-corrected chi connectivity index (χ2v) is 8.08. The molecule has 0 bridgehead atoms. The molecule has 168 valence electrons. The predicted octanol–water partition coefficient (Wildman–Crippen LogP) is 5.13. The number of hydrogen-bond donors (Lipinski definition) is 2. The minimum absolute atomic E-state index is 0.240. The normalized spacial score (nSPS) is 10.9. The van der Waals surface area contributed by atoms with E-state index in [1.165, 1.54) is 0 Å². The molecule has 3 heterocycles.